The SMILES string of the molecule is CC(C)CCn1c(CN(C)C)nc2sc3c(c2c1=O)CCCC3. The van der Waals surface area contributed by atoms with E-state index in [1.165, 1.54) is 23.3 Å². The van der Waals surface area contributed by atoms with Crippen LogP contribution in [0.25, 0.3) is 10.2 Å². The van der Waals surface area contributed by atoms with E-state index in [-0.39, 0.29) is 5.56 Å². The molecule has 2 aromatic heterocycles. The molecule has 0 saturated heterocycles. The molecule has 0 saturated carbocycles. The van der Waals surface area contributed by atoms with Crippen molar-refractivity contribution in [3.8, 4) is 0 Å². The predicted octanol–water partition coefficient (Wildman–Crippen LogP) is 3.44. The van der Waals surface area contributed by atoms with Gasteiger partial charge in [0.25, 0.3) is 5.56 Å². The van der Waals surface area contributed by atoms with E-state index in [0.717, 1.165) is 41.8 Å². The Kier molecular flexibility index (Phi) is 4.87. The number of aromatic nitrogens is 2. The molecule has 0 unspecified atom stereocenters. The maximum atomic E-state index is 13.2. The van der Waals surface area contributed by atoms with Crippen LogP contribution in [0.5, 0.6) is 0 Å². The second-order valence-corrected chi connectivity index (χ2v) is 8.38. The summed E-state index contributed by atoms with van der Waals surface area (Å²) in [4.78, 5) is 22.5. The quantitative estimate of drug-likeness (QED) is 0.841. The molecule has 5 heteroatoms. The minimum absolute atomic E-state index is 0.187. The van der Waals surface area contributed by atoms with Crippen LogP contribution < -0.4 is 5.56 Å². The molecule has 0 spiro atoms. The predicted molar refractivity (Wildman–Crippen MR) is 97.4 cm³/mol. The monoisotopic (exact) mass is 333 g/mol. The molecule has 3 rings (SSSR count). The van der Waals surface area contributed by atoms with Crippen molar-refractivity contribution in [1.82, 2.24) is 14.5 Å². The van der Waals surface area contributed by atoms with Crippen molar-refractivity contribution in [2.45, 2.75) is 59.0 Å². The minimum atomic E-state index is 0.187. The molecular weight excluding hydrogens is 306 g/mol. The normalized spacial score (nSPS) is 14.9. The van der Waals surface area contributed by atoms with Crippen molar-refractivity contribution < 1.29 is 0 Å². The molecule has 0 aromatic carbocycles. The zero-order valence-corrected chi connectivity index (χ0v) is 15.5. The van der Waals surface area contributed by atoms with E-state index in [9.17, 15) is 4.79 Å². The molecule has 126 valence electrons. The summed E-state index contributed by atoms with van der Waals surface area (Å²) in [5.74, 6) is 1.49. The molecule has 1 aliphatic rings. The Morgan fingerprint density at radius 1 is 1.26 bits per heavy atom. The van der Waals surface area contributed by atoms with Gasteiger partial charge in [-0.2, -0.15) is 0 Å². The molecule has 2 aromatic rings. The summed E-state index contributed by atoms with van der Waals surface area (Å²) in [6, 6.07) is 0. The fourth-order valence-electron chi connectivity index (χ4n) is 3.30. The smallest absolute Gasteiger partial charge is 0.262 e. The van der Waals surface area contributed by atoms with E-state index < -0.39 is 0 Å². The van der Waals surface area contributed by atoms with Crippen molar-refractivity contribution in [3.05, 3.63) is 26.6 Å². The highest BCUT2D eigenvalue weighted by Crippen LogP contribution is 2.33. The van der Waals surface area contributed by atoms with Gasteiger partial charge in [-0.3, -0.25) is 9.36 Å². The Morgan fingerprint density at radius 2 is 2.00 bits per heavy atom. The van der Waals surface area contributed by atoms with Crippen LogP contribution in [0.15, 0.2) is 4.79 Å². The summed E-state index contributed by atoms with van der Waals surface area (Å²) in [5, 5.41) is 0.913. The zero-order valence-electron chi connectivity index (χ0n) is 14.7. The molecule has 2 heterocycles. The van der Waals surface area contributed by atoms with Crippen LogP contribution in [-0.4, -0.2) is 28.5 Å². The summed E-state index contributed by atoms with van der Waals surface area (Å²) in [7, 11) is 4.06. The van der Waals surface area contributed by atoms with E-state index in [2.05, 4.69) is 18.7 Å². The van der Waals surface area contributed by atoms with Gasteiger partial charge in [-0.25, -0.2) is 4.98 Å². The average Bonchev–Trinajstić information content (AvgIpc) is 2.84. The second-order valence-electron chi connectivity index (χ2n) is 7.30. The van der Waals surface area contributed by atoms with Crippen LogP contribution in [0, 0.1) is 5.92 Å². The third-order valence-electron chi connectivity index (χ3n) is 4.54. The number of hydrogen-bond donors (Lipinski definition) is 0. The topological polar surface area (TPSA) is 38.1 Å². The second kappa shape index (κ2) is 6.73. The van der Waals surface area contributed by atoms with Gasteiger partial charge < -0.3 is 4.90 Å². The number of nitrogens with zero attached hydrogens (tertiary/aromatic N) is 3. The van der Waals surface area contributed by atoms with Crippen molar-refractivity contribution in [2.75, 3.05) is 14.1 Å². The minimum Gasteiger partial charge on any atom is -0.302 e. The van der Waals surface area contributed by atoms with Gasteiger partial charge in [0, 0.05) is 11.4 Å². The van der Waals surface area contributed by atoms with Crippen LogP contribution >= 0.6 is 11.3 Å². The largest absolute Gasteiger partial charge is 0.302 e. The molecule has 1 aliphatic carbocycles. The number of thiophene rings is 1. The average molecular weight is 334 g/mol. The summed E-state index contributed by atoms with van der Waals surface area (Å²) in [6.45, 7) is 5.89. The molecule has 4 nitrogen and oxygen atoms in total. The highest BCUT2D eigenvalue weighted by molar-refractivity contribution is 7.18. The molecule has 0 fully saturated rings. The Balaban J connectivity index is 2.15. The van der Waals surface area contributed by atoms with Gasteiger partial charge in [-0.15, -0.1) is 11.3 Å². The third-order valence-corrected chi connectivity index (χ3v) is 5.73. The van der Waals surface area contributed by atoms with Gasteiger partial charge >= 0.3 is 0 Å². The summed E-state index contributed by atoms with van der Waals surface area (Å²) in [6.07, 6.45) is 5.61. The number of aryl methyl sites for hydroxylation is 2. The van der Waals surface area contributed by atoms with Gasteiger partial charge in [-0.1, -0.05) is 13.8 Å². The van der Waals surface area contributed by atoms with E-state index in [1.807, 2.05) is 18.7 Å². The van der Waals surface area contributed by atoms with Crippen molar-refractivity contribution in [1.29, 1.82) is 0 Å². The first kappa shape index (κ1) is 16.7. The molecular formula is C18H27N3OS. The lowest BCUT2D eigenvalue weighted by Crippen LogP contribution is -2.29. The third kappa shape index (κ3) is 3.36. The zero-order chi connectivity index (χ0) is 16.6. The Morgan fingerprint density at radius 3 is 2.70 bits per heavy atom. The molecule has 0 atom stereocenters. The molecule has 0 N–H and O–H groups in total. The number of fused-ring (bicyclic) bond motifs is 3. The maximum absolute atomic E-state index is 13.2. The number of hydrogen-bond acceptors (Lipinski definition) is 4. The van der Waals surface area contributed by atoms with Crippen LogP contribution in [0.2, 0.25) is 0 Å². The first-order valence-corrected chi connectivity index (χ1v) is 9.47. The van der Waals surface area contributed by atoms with Crippen LogP contribution in [0.3, 0.4) is 0 Å². The van der Waals surface area contributed by atoms with Crippen molar-refractivity contribution in [3.63, 3.8) is 0 Å². The van der Waals surface area contributed by atoms with E-state index in [0.29, 0.717) is 12.5 Å². The molecule has 0 bridgehead atoms. The lowest BCUT2D eigenvalue weighted by Gasteiger charge is -2.17. The van der Waals surface area contributed by atoms with Gasteiger partial charge in [-0.05, 0) is 57.7 Å². The fourth-order valence-corrected chi connectivity index (χ4v) is 4.57. The van der Waals surface area contributed by atoms with Crippen molar-refractivity contribution in [2.24, 2.45) is 5.92 Å². The standard InChI is InChI=1S/C18H27N3OS/c1-12(2)9-10-21-15(11-20(3)4)19-17-16(18(21)22)13-7-5-6-8-14(13)23-17/h12H,5-11H2,1-4H3. The molecule has 0 radical (unpaired) electrons. The summed E-state index contributed by atoms with van der Waals surface area (Å²) < 4.78 is 1.93. The van der Waals surface area contributed by atoms with Crippen molar-refractivity contribution >= 4 is 21.6 Å². The van der Waals surface area contributed by atoms with Crippen LogP contribution in [-0.2, 0) is 25.9 Å². The first-order valence-electron chi connectivity index (χ1n) is 8.66. The Hall–Kier alpha value is -1.20. The highest BCUT2D eigenvalue weighted by atomic mass is 32.1. The molecule has 0 aliphatic heterocycles. The number of rotatable bonds is 5. The van der Waals surface area contributed by atoms with Crippen LogP contribution in [0.1, 0.15) is 49.4 Å². The lowest BCUT2D eigenvalue weighted by molar-refractivity contribution is 0.371. The van der Waals surface area contributed by atoms with Gasteiger partial charge in [0.05, 0.1) is 11.9 Å². The first-order chi connectivity index (χ1) is 11.0. The van der Waals surface area contributed by atoms with Gasteiger partial charge in [0.15, 0.2) is 0 Å². The summed E-state index contributed by atoms with van der Waals surface area (Å²) in [5.41, 5.74) is 1.48. The van der Waals surface area contributed by atoms with Gasteiger partial charge in [0.2, 0.25) is 0 Å². The Labute approximate surface area is 142 Å². The van der Waals surface area contributed by atoms with Crippen LogP contribution in [0.4, 0.5) is 0 Å². The van der Waals surface area contributed by atoms with Gasteiger partial charge in [0.1, 0.15) is 10.7 Å². The molecule has 0 amide bonds. The molecule has 23 heavy (non-hydrogen) atoms. The maximum Gasteiger partial charge on any atom is 0.262 e. The van der Waals surface area contributed by atoms with E-state index in [4.69, 9.17) is 4.98 Å². The lowest BCUT2D eigenvalue weighted by atomic mass is 9.97. The highest BCUT2D eigenvalue weighted by Gasteiger charge is 2.22. The van der Waals surface area contributed by atoms with E-state index in [1.54, 1.807) is 11.3 Å². The Bertz CT molecular complexity index is 758. The fraction of sp³-hybridized carbons (Fsp3) is 0.667. The van der Waals surface area contributed by atoms with E-state index >= 15 is 0 Å². The summed E-state index contributed by atoms with van der Waals surface area (Å²) >= 11 is 1.75.